The van der Waals surface area contributed by atoms with E-state index in [0.717, 1.165) is 44.1 Å². The van der Waals surface area contributed by atoms with Gasteiger partial charge in [0.1, 0.15) is 0 Å². The van der Waals surface area contributed by atoms with Gasteiger partial charge in [-0.2, -0.15) is 0 Å². The SMILES string of the molecule is CCNC(=NCc1cccc(COC(C)C)c1)NCC1(CCO)CCOC1.I. The van der Waals surface area contributed by atoms with Gasteiger partial charge in [0, 0.05) is 31.7 Å². The number of guanidine groups is 1. The standard InChI is InChI=1S/C21H35N3O3.HI/c1-4-22-20(24-15-21(8-10-25)9-11-26-16-21)23-13-18-6-5-7-19(12-18)14-27-17(2)3;/h5-7,12,17,25H,4,8-11,13-16H2,1-3H3,(H2,22,23,24);1H. The van der Waals surface area contributed by atoms with Crippen molar-refractivity contribution in [1.82, 2.24) is 10.6 Å². The zero-order valence-corrected chi connectivity index (χ0v) is 19.7. The first-order valence-electron chi connectivity index (χ1n) is 9.97. The summed E-state index contributed by atoms with van der Waals surface area (Å²) in [4.78, 5) is 4.72. The fourth-order valence-corrected chi connectivity index (χ4v) is 3.18. The van der Waals surface area contributed by atoms with E-state index in [-0.39, 0.29) is 42.1 Å². The highest BCUT2D eigenvalue weighted by Gasteiger charge is 2.34. The van der Waals surface area contributed by atoms with E-state index in [1.54, 1.807) is 0 Å². The molecule has 0 bridgehead atoms. The molecular formula is C21H36IN3O3. The van der Waals surface area contributed by atoms with E-state index in [2.05, 4.69) is 41.8 Å². The number of nitrogens with zero attached hydrogens (tertiary/aromatic N) is 1. The molecule has 0 aliphatic carbocycles. The van der Waals surface area contributed by atoms with Crippen molar-refractivity contribution in [3.63, 3.8) is 0 Å². The van der Waals surface area contributed by atoms with E-state index in [1.165, 1.54) is 5.56 Å². The maximum Gasteiger partial charge on any atom is 0.191 e. The van der Waals surface area contributed by atoms with Gasteiger partial charge in [-0.05, 0) is 44.7 Å². The number of aliphatic imine (C=N–C) groups is 1. The highest BCUT2D eigenvalue weighted by Crippen LogP contribution is 2.31. The average molecular weight is 505 g/mol. The van der Waals surface area contributed by atoms with Crippen molar-refractivity contribution in [3.8, 4) is 0 Å². The van der Waals surface area contributed by atoms with Crippen LogP contribution < -0.4 is 10.6 Å². The Balaban J connectivity index is 0.00000392. The van der Waals surface area contributed by atoms with Crippen LogP contribution in [-0.4, -0.2) is 50.1 Å². The molecule has 7 heteroatoms. The van der Waals surface area contributed by atoms with Crippen LogP contribution in [0.4, 0.5) is 0 Å². The number of rotatable bonds is 10. The molecule has 1 unspecified atom stereocenters. The maximum atomic E-state index is 9.38. The van der Waals surface area contributed by atoms with Crippen LogP contribution in [0.3, 0.4) is 0 Å². The van der Waals surface area contributed by atoms with E-state index >= 15 is 0 Å². The summed E-state index contributed by atoms with van der Waals surface area (Å²) in [5.74, 6) is 0.797. The monoisotopic (exact) mass is 505 g/mol. The lowest BCUT2D eigenvalue weighted by Crippen LogP contribution is -2.44. The molecular weight excluding hydrogens is 469 g/mol. The average Bonchev–Trinajstić information content (AvgIpc) is 3.12. The minimum atomic E-state index is -0.000950. The third kappa shape index (κ3) is 8.63. The predicted octanol–water partition coefficient (Wildman–Crippen LogP) is 3.07. The Morgan fingerprint density at radius 2 is 2.11 bits per heavy atom. The third-order valence-corrected chi connectivity index (χ3v) is 4.80. The minimum Gasteiger partial charge on any atom is -0.396 e. The van der Waals surface area contributed by atoms with Gasteiger partial charge in [0.2, 0.25) is 0 Å². The van der Waals surface area contributed by atoms with Gasteiger partial charge in [0.15, 0.2) is 5.96 Å². The Labute approximate surface area is 186 Å². The van der Waals surface area contributed by atoms with Crippen LogP contribution in [-0.2, 0) is 22.6 Å². The molecule has 1 saturated heterocycles. The normalized spacial score (nSPS) is 19.5. The van der Waals surface area contributed by atoms with Crippen molar-refractivity contribution in [1.29, 1.82) is 0 Å². The van der Waals surface area contributed by atoms with E-state index in [1.807, 2.05) is 13.8 Å². The molecule has 1 aromatic rings. The molecule has 1 atom stereocenters. The van der Waals surface area contributed by atoms with Crippen molar-refractivity contribution >= 4 is 29.9 Å². The van der Waals surface area contributed by atoms with Crippen LogP contribution in [0.1, 0.15) is 44.7 Å². The molecule has 28 heavy (non-hydrogen) atoms. The molecule has 1 aliphatic rings. The second-order valence-electron chi connectivity index (χ2n) is 7.50. The number of nitrogens with one attached hydrogen (secondary N) is 2. The number of hydrogen-bond acceptors (Lipinski definition) is 4. The second-order valence-corrected chi connectivity index (χ2v) is 7.50. The summed E-state index contributed by atoms with van der Waals surface area (Å²) in [6.45, 7) is 10.6. The van der Waals surface area contributed by atoms with E-state index in [9.17, 15) is 5.11 Å². The fourth-order valence-electron chi connectivity index (χ4n) is 3.18. The lowest BCUT2D eigenvalue weighted by molar-refractivity contribution is 0.0657. The summed E-state index contributed by atoms with van der Waals surface area (Å²) in [5, 5.41) is 16.1. The second kappa shape index (κ2) is 13.3. The molecule has 6 nitrogen and oxygen atoms in total. The summed E-state index contributed by atoms with van der Waals surface area (Å²) in [6, 6.07) is 8.37. The molecule has 160 valence electrons. The zero-order chi connectivity index (χ0) is 19.5. The summed E-state index contributed by atoms with van der Waals surface area (Å²) >= 11 is 0. The van der Waals surface area contributed by atoms with Crippen LogP contribution in [0, 0.1) is 5.41 Å². The molecule has 1 aromatic carbocycles. The van der Waals surface area contributed by atoms with Gasteiger partial charge in [-0.15, -0.1) is 24.0 Å². The van der Waals surface area contributed by atoms with Crippen LogP contribution in [0.2, 0.25) is 0 Å². The summed E-state index contributed by atoms with van der Waals surface area (Å²) in [5.41, 5.74) is 2.32. The Morgan fingerprint density at radius 1 is 1.32 bits per heavy atom. The lowest BCUT2D eigenvalue weighted by Gasteiger charge is -2.27. The fraction of sp³-hybridized carbons (Fsp3) is 0.667. The smallest absolute Gasteiger partial charge is 0.191 e. The molecule has 3 N–H and O–H groups in total. The van der Waals surface area contributed by atoms with Crippen molar-refractivity contribution in [2.45, 2.75) is 52.9 Å². The van der Waals surface area contributed by atoms with Crippen LogP contribution in [0.15, 0.2) is 29.3 Å². The topological polar surface area (TPSA) is 75.1 Å². The Bertz CT molecular complexity index is 590. The minimum absolute atomic E-state index is 0. The summed E-state index contributed by atoms with van der Waals surface area (Å²) < 4.78 is 11.2. The predicted molar refractivity (Wildman–Crippen MR) is 124 cm³/mol. The first kappa shape index (κ1) is 25.1. The number of halogens is 1. The first-order valence-corrected chi connectivity index (χ1v) is 9.97. The number of benzene rings is 1. The molecule has 1 heterocycles. The Morgan fingerprint density at radius 3 is 2.75 bits per heavy atom. The van der Waals surface area contributed by atoms with Gasteiger partial charge >= 0.3 is 0 Å². The molecule has 2 rings (SSSR count). The number of aliphatic hydroxyl groups excluding tert-OH is 1. The maximum absolute atomic E-state index is 9.38. The van der Waals surface area contributed by atoms with E-state index < -0.39 is 0 Å². The largest absolute Gasteiger partial charge is 0.396 e. The van der Waals surface area contributed by atoms with Crippen LogP contribution in [0.5, 0.6) is 0 Å². The number of aliphatic hydroxyl groups is 1. The molecule has 0 spiro atoms. The Kier molecular flexibility index (Phi) is 12.0. The van der Waals surface area contributed by atoms with Crippen LogP contribution in [0.25, 0.3) is 0 Å². The van der Waals surface area contributed by atoms with Crippen molar-refractivity contribution < 1.29 is 14.6 Å². The molecule has 1 fully saturated rings. The van der Waals surface area contributed by atoms with Gasteiger partial charge in [-0.3, -0.25) is 0 Å². The van der Waals surface area contributed by atoms with E-state index in [0.29, 0.717) is 19.8 Å². The van der Waals surface area contributed by atoms with Gasteiger partial charge in [-0.1, -0.05) is 24.3 Å². The molecule has 0 radical (unpaired) electrons. The number of hydrogen-bond donors (Lipinski definition) is 3. The van der Waals surface area contributed by atoms with Gasteiger partial charge in [-0.25, -0.2) is 4.99 Å². The van der Waals surface area contributed by atoms with Crippen molar-refractivity contribution in [2.24, 2.45) is 10.4 Å². The van der Waals surface area contributed by atoms with Crippen LogP contribution >= 0.6 is 24.0 Å². The Hall–Kier alpha value is -0.900. The highest BCUT2D eigenvalue weighted by molar-refractivity contribution is 14.0. The van der Waals surface area contributed by atoms with Crippen molar-refractivity contribution in [2.75, 3.05) is 32.9 Å². The molecule has 1 aliphatic heterocycles. The zero-order valence-electron chi connectivity index (χ0n) is 17.4. The number of ether oxygens (including phenoxy) is 2. The van der Waals surface area contributed by atoms with Gasteiger partial charge in [0.05, 0.1) is 25.9 Å². The third-order valence-electron chi connectivity index (χ3n) is 4.80. The summed E-state index contributed by atoms with van der Waals surface area (Å²) in [7, 11) is 0. The quantitative estimate of drug-likeness (QED) is 0.259. The van der Waals surface area contributed by atoms with Crippen molar-refractivity contribution in [3.05, 3.63) is 35.4 Å². The van der Waals surface area contributed by atoms with Gasteiger partial charge < -0.3 is 25.2 Å². The lowest BCUT2D eigenvalue weighted by atomic mass is 9.84. The summed E-state index contributed by atoms with van der Waals surface area (Å²) in [6.07, 6.45) is 1.94. The first-order chi connectivity index (χ1) is 13.1. The molecule has 0 saturated carbocycles. The van der Waals surface area contributed by atoms with Gasteiger partial charge in [0.25, 0.3) is 0 Å². The molecule has 0 aromatic heterocycles. The molecule has 0 amide bonds. The van der Waals surface area contributed by atoms with E-state index in [4.69, 9.17) is 14.5 Å². The highest BCUT2D eigenvalue weighted by atomic mass is 127.